The van der Waals surface area contributed by atoms with Crippen LogP contribution in [-0.2, 0) is 35.5 Å². The van der Waals surface area contributed by atoms with Gasteiger partial charge in [0, 0.05) is 24.2 Å². The Balaban J connectivity index is 0.000000427. The third kappa shape index (κ3) is 5.88. The largest absolute Gasteiger partial charge is 0.473 e. The molecule has 32 heavy (non-hydrogen) atoms. The molecule has 3 aromatic rings. The summed E-state index contributed by atoms with van der Waals surface area (Å²) >= 11 is 6.53. The Labute approximate surface area is 191 Å². The van der Waals surface area contributed by atoms with Crippen LogP contribution in [0, 0.1) is 0 Å². The SMILES string of the molecule is O=C(O)C(=O)O.OC(CNCc1ccccc1)Cn1c2c(c3cccc(Cl)c31)CCCC2. The number of aryl methyl sites for hydroxylation is 1. The van der Waals surface area contributed by atoms with Crippen molar-refractivity contribution >= 4 is 34.4 Å². The normalized spacial score (nSPS) is 13.7. The summed E-state index contributed by atoms with van der Waals surface area (Å²) in [5, 5.41) is 30.8. The van der Waals surface area contributed by atoms with Crippen molar-refractivity contribution in [2.45, 2.75) is 44.9 Å². The number of carboxylic acid groups (broad SMARTS) is 2. The summed E-state index contributed by atoms with van der Waals surface area (Å²) in [7, 11) is 0. The highest BCUT2D eigenvalue weighted by Crippen LogP contribution is 2.35. The molecule has 1 atom stereocenters. The van der Waals surface area contributed by atoms with E-state index in [1.165, 1.54) is 35.0 Å². The molecule has 0 amide bonds. The molecule has 0 fully saturated rings. The molecule has 1 aliphatic rings. The van der Waals surface area contributed by atoms with Gasteiger partial charge in [0.1, 0.15) is 0 Å². The van der Waals surface area contributed by atoms with Crippen LogP contribution < -0.4 is 5.32 Å². The average molecular weight is 459 g/mol. The number of nitrogens with one attached hydrogen (secondary N) is 1. The van der Waals surface area contributed by atoms with E-state index in [9.17, 15) is 5.11 Å². The van der Waals surface area contributed by atoms with Crippen molar-refractivity contribution in [3.8, 4) is 0 Å². The average Bonchev–Trinajstić information content (AvgIpc) is 3.10. The van der Waals surface area contributed by atoms with Crippen molar-refractivity contribution in [1.29, 1.82) is 0 Å². The van der Waals surface area contributed by atoms with Gasteiger partial charge in [-0.2, -0.15) is 0 Å². The number of halogens is 1. The molecule has 4 rings (SSSR count). The molecule has 2 aromatic carbocycles. The Morgan fingerprint density at radius 2 is 1.69 bits per heavy atom. The summed E-state index contributed by atoms with van der Waals surface area (Å²) in [6, 6.07) is 16.4. The van der Waals surface area contributed by atoms with Crippen LogP contribution in [0.3, 0.4) is 0 Å². The van der Waals surface area contributed by atoms with Crippen molar-refractivity contribution in [3.05, 3.63) is 70.4 Å². The summed E-state index contributed by atoms with van der Waals surface area (Å²) in [5.74, 6) is -3.65. The lowest BCUT2D eigenvalue weighted by Gasteiger charge is -2.19. The van der Waals surface area contributed by atoms with Crippen LogP contribution in [0.2, 0.25) is 5.02 Å². The molecule has 0 bridgehead atoms. The first-order valence-corrected chi connectivity index (χ1v) is 10.9. The predicted molar refractivity (Wildman–Crippen MR) is 123 cm³/mol. The third-order valence-corrected chi connectivity index (χ3v) is 5.78. The van der Waals surface area contributed by atoms with Gasteiger partial charge in [-0.1, -0.05) is 54.1 Å². The zero-order chi connectivity index (χ0) is 23.1. The van der Waals surface area contributed by atoms with Crippen molar-refractivity contribution in [2.75, 3.05) is 6.54 Å². The van der Waals surface area contributed by atoms with Gasteiger partial charge >= 0.3 is 11.9 Å². The van der Waals surface area contributed by atoms with E-state index in [1.807, 2.05) is 30.3 Å². The van der Waals surface area contributed by atoms with Gasteiger partial charge in [-0.3, -0.25) is 0 Å². The van der Waals surface area contributed by atoms with Crippen molar-refractivity contribution in [2.24, 2.45) is 0 Å². The molecular weight excluding hydrogens is 432 g/mol. The monoisotopic (exact) mass is 458 g/mol. The number of benzene rings is 2. The van der Waals surface area contributed by atoms with Crippen LogP contribution in [0.1, 0.15) is 29.7 Å². The predicted octanol–water partition coefficient (Wildman–Crippen LogP) is 3.48. The second-order valence-electron chi connectivity index (χ2n) is 7.76. The maximum Gasteiger partial charge on any atom is 0.414 e. The number of hydrogen-bond donors (Lipinski definition) is 4. The highest BCUT2D eigenvalue weighted by molar-refractivity contribution is 6.35. The summed E-state index contributed by atoms with van der Waals surface area (Å²) in [6.45, 7) is 1.91. The molecule has 1 aliphatic carbocycles. The van der Waals surface area contributed by atoms with Crippen molar-refractivity contribution in [1.82, 2.24) is 9.88 Å². The molecule has 7 nitrogen and oxygen atoms in total. The van der Waals surface area contributed by atoms with Crippen LogP contribution in [0.25, 0.3) is 10.9 Å². The number of aliphatic hydroxyl groups excluding tert-OH is 1. The van der Waals surface area contributed by atoms with Crippen molar-refractivity contribution < 1.29 is 24.9 Å². The lowest BCUT2D eigenvalue weighted by Crippen LogP contribution is -2.30. The fourth-order valence-corrected chi connectivity index (χ4v) is 4.38. The van der Waals surface area contributed by atoms with E-state index in [-0.39, 0.29) is 0 Å². The minimum Gasteiger partial charge on any atom is -0.473 e. The van der Waals surface area contributed by atoms with Gasteiger partial charge in [-0.25, -0.2) is 9.59 Å². The highest BCUT2D eigenvalue weighted by Gasteiger charge is 2.22. The van der Waals surface area contributed by atoms with Gasteiger partial charge in [0.15, 0.2) is 0 Å². The quantitative estimate of drug-likeness (QED) is 0.421. The highest BCUT2D eigenvalue weighted by atomic mass is 35.5. The Hall–Kier alpha value is -2.87. The second kappa shape index (κ2) is 11.1. The van der Waals surface area contributed by atoms with E-state index in [0.717, 1.165) is 29.9 Å². The maximum absolute atomic E-state index is 10.6. The molecule has 4 N–H and O–H groups in total. The fraction of sp³-hybridized carbons (Fsp3) is 0.333. The van der Waals surface area contributed by atoms with E-state index in [2.05, 4.69) is 28.1 Å². The lowest BCUT2D eigenvalue weighted by molar-refractivity contribution is -0.159. The fourth-order valence-electron chi connectivity index (χ4n) is 4.10. The van der Waals surface area contributed by atoms with Crippen LogP contribution >= 0.6 is 11.6 Å². The molecule has 0 saturated carbocycles. The molecule has 1 aromatic heterocycles. The number of aliphatic carboxylic acids is 2. The summed E-state index contributed by atoms with van der Waals surface area (Å²) in [4.78, 5) is 18.2. The zero-order valence-corrected chi connectivity index (χ0v) is 18.4. The molecule has 0 spiro atoms. The molecule has 8 heteroatoms. The first-order chi connectivity index (χ1) is 15.4. The maximum atomic E-state index is 10.6. The zero-order valence-electron chi connectivity index (χ0n) is 17.6. The topological polar surface area (TPSA) is 112 Å². The third-order valence-electron chi connectivity index (χ3n) is 5.47. The Morgan fingerprint density at radius 3 is 2.38 bits per heavy atom. The molecule has 0 aliphatic heterocycles. The van der Waals surface area contributed by atoms with Crippen LogP contribution in [0.5, 0.6) is 0 Å². The van der Waals surface area contributed by atoms with E-state index in [0.29, 0.717) is 13.1 Å². The molecule has 0 saturated heterocycles. The summed E-state index contributed by atoms with van der Waals surface area (Å²) < 4.78 is 2.26. The van der Waals surface area contributed by atoms with Gasteiger partial charge < -0.3 is 25.2 Å². The number of aliphatic hydroxyl groups is 1. The van der Waals surface area contributed by atoms with Gasteiger partial charge in [-0.05, 0) is 42.9 Å². The van der Waals surface area contributed by atoms with Gasteiger partial charge in [-0.15, -0.1) is 0 Å². The minimum atomic E-state index is -1.82. The van der Waals surface area contributed by atoms with Crippen LogP contribution in [0.15, 0.2) is 48.5 Å². The van der Waals surface area contributed by atoms with Crippen molar-refractivity contribution in [3.63, 3.8) is 0 Å². The number of rotatable bonds is 6. The molecular formula is C24H27ClN2O5. The number of fused-ring (bicyclic) bond motifs is 3. The van der Waals surface area contributed by atoms with Gasteiger partial charge in [0.25, 0.3) is 0 Å². The second-order valence-corrected chi connectivity index (χ2v) is 8.17. The van der Waals surface area contributed by atoms with E-state index in [1.54, 1.807) is 0 Å². The first-order valence-electron chi connectivity index (χ1n) is 10.6. The van der Waals surface area contributed by atoms with E-state index < -0.39 is 18.0 Å². The van der Waals surface area contributed by atoms with Crippen LogP contribution in [-0.4, -0.2) is 44.5 Å². The molecule has 1 heterocycles. The number of aromatic nitrogens is 1. The van der Waals surface area contributed by atoms with Gasteiger partial charge in [0.2, 0.25) is 0 Å². The lowest BCUT2D eigenvalue weighted by atomic mass is 9.95. The summed E-state index contributed by atoms with van der Waals surface area (Å²) in [5.41, 5.74) is 5.11. The smallest absolute Gasteiger partial charge is 0.414 e. The first kappa shape index (κ1) is 23.8. The van der Waals surface area contributed by atoms with Crippen LogP contribution in [0.4, 0.5) is 0 Å². The Morgan fingerprint density at radius 1 is 1.00 bits per heavy atom. The Bertz CT molecular complexity index is 1070. The molecule has 0 radical (unpaired) electrons. The van der Waals surface area contributed by atoms with E-state index >= 15 is 0 Å². The molecule has 170 valence electrons. The number of carboxylic acids is 2. The van der Waals surface area contributed by atoms with Gasteiger partial charge in [0.05, 0.1) is 23.2 Å². The Kier molecular flexibility index (Phi) is 8.27. The van der Waals surface area contributed by atoms with E-state index in [4.69, 9.17) is 31.4 Å². The number of nitrogens with zero attached hydrogens (tertiary/aromatic N) is 1. The number of para-hydroxylation sites is 1. The molecule has 1 unspecified atom stereocenters. The summed E-state index contributed by atoms with van der Waals surface area (Å²) in [6.07, 6.45) is 4.19. The standard InChI is InChI=1S/C22H25ClN2O.C2H2O4/c23-20-11-6-10-19-18-9-4-5-12-21(18)25(22(19)20)15-17(26)14-24-13-16-7-2-1-3-8-16;3-1(4)2(5)6/h1-3,6-8,10-11,17,24,26H,4-5,9,12-15H2;(H,3,4)(H,5,6). The number of carbonyl (C=O) groups is 2. The number of hydrogen-bond acceptors (Lipinski definition) is 4. The minimum absolute atomic E-state index is 0.448.